The van der Waals surface area contributed by atoms with Gasteiger partial charge < -0.3 is 4.74 Å². The number of benzene rings is 2. The number of nitrogens with zero attached hydrogens (tertiary/aromatic N) is 1. The molecule has 0 amide bonds. The van der Waals surface area contributed by atoms with E-state index in [1.807, 2.05) is 37.3 Å². The fourth-order valence-corrected chi connectivity index (χ4v) is 4.48. The van der Waals surface area contributed by atoms with Crippen LogP contribution in [-0.2, 0) is 17.9 Å². The van der Waals surface area contributed by atoms with Crippen LogP contribution in [0.1, 0.15) is 27.7 Å². The highest BCUT2D eigenvalue weighted by Crippen LogP contribution is 2.32. The lowest BCUT2D eigenvalue weighted by Gasteiger charge is -2.03. The van der Waals surface area contributed by atoms with Gasteiger partial charge in [0.1, 0.15) is 16.3 Å². The predicted molar refractivity (Wildman–Crippen MR) is 118 cm³/mol. The van der Waals surface area contributed by atoms with Crippen molar-refractivity contribution in [2.45, 2.75) is 27.0 Å². The second-order valence-electron chi connectivity index (χ2n) is 6.88. The molecule has 0 saturated carbocycles. The quantitative estimate of drug-likeness (QED) is 0.444. The first-order chi connectivity index (χ1) is 14.5. The number of hydrogen-bond donors (Lipinski definition) is 1. The molecule has 0 bridgehead atoms. The Morgan fingerprint density at radius 3 is 2.33 bits per heavy atom. The third kappa shape index (κ3) is 3.84. The maximum Gasteiger partial charge on any atom is 0.349 e. The molecule has 0 fully saturated rings. The van der Waals surface area contributed by atoms with Crippen LogP contribution in [0.2, 0.25) is 0 Å². The number of carbonyl (C=O) groups excluding carboxylic acids is 1. The predicted octanol–water partition coefficient (Wildman–Crippen LogP) is 4.10. The van der Waals surface area contributed by atoms with E-state index in [2.05, 4.69) is 29.2 Å². The lowest BCUT2D eigenvalue weighted by atomic mass is 10.2. The zero-order valence-electron chi connectivity index (χ0n) is 16.6. The molecule has 152 valence electrons. The van der Waals surface area contributed by atoms with Gasteiger partial charge in [-0.15, -0.1) is 11.3 Å². The number of thiophene rings is 1. The van der Waals surface area contributed by atoms with Crippen LogP contribution >= 0.6 is 11.3 Å². The van der Waals surface area contributed by atoms with Gasteiger partial charge in [0.25, 0.3) is 5.56 Å². The smallest absolute Gasteiger partial charge is 0.349 e. The highest BCUT2D eigenvalue weighted by molar-refractivity contribution is 7.20. The van der Waals surface area contributed by atoms with E-state index in [1.165, 1.54) is 15.7 Å². The first kappa shape index (κ1) is 19.8. The van der Waals surface area contributed by atoms with E-state index >= 15 is 0 Å². The van der Waals surface area contributed by atoms with E-state index in [1.54, 1.807) is 6.92 Å². The van der Waals surface area contributed by atoms with Crippen molar-refractivity contribution in [1.29, 1.82) is 0 Å². The van der Waals surface area contributed by atoms with Gasteiger partial charge in [0.15, 0.2) is 0 Å². The monoisotopic (exact) mass is 420 g/mol. The van der Waals surface area contributed by atoms with Crippen molar-refractivity contribution in [2.24, 2.45) is 0 Å². The molecule has 0 aliphatic heterocycles. The highest BCUT2D eigenvalue weighted by atomic mass is 32.1. The van der Waals surface area contributed by atoms with E-state index in [0.29, 0.717) is 27.2 Å². The molecule has 2 aliphatic carbocycles. The van der Waals surface area contributed by atoms with Crippen LogP contribution in [0, 0.1) is 6.92 Å². The number of H-pyrrole nitrogens is 1. The minimum atomic E-state index is -0.493. The van der Waals surface area contributed by atoms with Crippen LogP contribution in [0.15, 0.2) is 64.2 Å². The summed E-state index contributed by atoms with van der Waals surface area (Å²) in [5, 5.41) is 0.369. The van der Waals surface area contributed by atoms with E-state index in [-0.39, 0.29) is 6.61 Å². The first-order valence-electron chi connectivity index (χ1n) is 9.57. The van der Waals surface area contributed by atoms with Crippen molar-refractivity contribution in [3.63, 3.8) is 0 Å². The molecule has 2 aromatic heterocycles. The number of aryl methyl sites for hydroxylation is 2. The Bertz CT molecular complexity index is 1330. The molecule has 3 aromatic rings. The van der Waals surface area contributed by atoms with Crippen LogP contribution < -0.4 is 11.2 Å². The van der Waals surface area contributed by atoms with Gasteiger partial charge in [-0.25, -0.2) is 9.59 Å². The summed E-state index contributed by atoms with van der Waals surface area (Å²) in [5.74, 6) is -0.493. The van der Waals surface area contributed by atoms with Gasteiger partial charge in [-0.3, -0.25) is 14.3 Å². The van der Waals surface area contributed by atoms with Crippen molar-refractivity contribution >= 4 is 27.5 Å². The molecular weight excluding hydrogens is 400 g/mol. The summed E-state index contributed by atoms with van der Waals surface area (Å²) in [6, 6.07) is 17.8. The van der Waals surface area contributed by atoms with Gasteiger partial charge in [-0.2, -0.15) is 0 Å². The summed E-state index contributed by atoms with van der Waals surface area (Å²) < 4.78 is 6.79. The molecule has 30 heavy (non-hydrogen) atoms. The third-order valence-corrected chi connectivity index (χ3v) is 6.19. The number of rotatable bonds is 4. The Balaban J connectivity index is 0.000000305. The molecule has 0 atom stereocenters. The van der Waals surface area contributed by atoms with Gasteiger partial charge in [0.2, 0.25) is 0 Å². The van der Waals surface area contributed by atoms with E-state index in [0.717, 1.165) is 16.9 Å². The number of aromatic amines is 1. The third-order valence-electron chi connectivity index (χ3n) is 4.89. The molecule has 1 N–H and O–H groups in total. The lowest BCUT2D eigenvalue weighted by Crippen LogP contribution is -2.29. The highest BCUT2D eigenvalue weighted by Gasteiger charge is 2.21. The van der Waals surface area contributed by atoms with Gasteiger partial charge in [0, 0.05) is 6.54 Å². The summed E-state index contributed by atoms with van der Waals surface area (Å²) in [6.45, 7) is 4.06. The SMILES string of the molecule is CCn1c(=O)[nH]c(=O)c2c(C)c(C(=O)OCc3ccccc3)sc21.c1cc2cc-2c1. The molecular formula is C23H20N2O4S. The van der Waals surface area contributed by atoms with Crippen LogP contribution in [0.5, 0.6) is 0 Å². The Morgan fingerprint density at radius 1 is 1.07 bits per heavy atom. The molecule has 0 radical (unpaired) electrons. The summed E-state index contributed by atoms with van der Waals surface area (Å²) in [6.07, 6.45) is 0. The van der Waals surface area contributed by atoms with Crippen molar-refractivity contribution < 1.29 is 9.53 Å². The van der Waals surface area contributed by atoms with Crippen LogP contribution in [0.25, 0.3) is 21.3 Å². The number of aromatic nitrogens is 2. The Hall–Kier alpha value is -3.45. The number of fused-ring (bicyclic) bond motifs is 2. The molecule has 0 saturated heterocycles. The van der Waals surface area contributed by atoms with Crippen LogP contribution in [-0.4, -0.2) is 15.5 Å². The first-order valence-corrected chi connectivity index (χ1v) is 10.4. The second-order valence-corrected chi connectivity index (χ2v) is 7.88. The standard InChI is InChI=1S/C17H16N2O4S.C6H4/c1-3-19-15-12(14(20)18-17(19)22)10(2)13(24-15)16(21)23-9-11-7-5-4-6-8-11;1-2-5-4-6(5)3-1/h4-8H,3,9H2,1-2H3,(H,18,20,22);1-4H. The Morgan fingerprint density at radius 2 is 1.77 bits per heavy atom. The Labute approximate surface area is 176 Å². The minimum Gasteiger partial charge on any atom is -0.457 e. The molecule has 1 aromatic carbocycles. The topological polar surface area (TPSA) is 81.2 Å². The van der Waals surface area contributed by atoms with Crippen molar-refractivity contribution in [3.05, 3.63) is 91.4 Å². The average molecular weight is 420 g/mol. The van der Waals surface area contributed by atoms with Gasteiger partial charge in [-0.05, 0) is 42.2 Å². The number of ether oxygens (including phenoxy) is 1. The summed E-state index contributed by atoms with van der Waals surface area (Å²) in [7, 11) is 0. The van der Waals surface area contributed by atoms with Gasteiger partial charge in [-0.1, -0.05) is 48.5 Å². The number of carbonyl (C=O) groups is 1. The number of esters is 1. The molecule has 0 spiro atoms. The molecule has 5 rings (SSSR count). The van der Waals surface area contributed by atoms with E-state index < -0.39 is 17.2 Å². The summed E-state index contributed by atoms with van der Waals surface area (Å²) >= 11 is 1.12. The molecule has 0 unspecified atom stereocenters. The maximum absolute atomic E-state index is 12.4. The van der Waals surface area contributed by atoms with Crippen molar-refractivity contribution in [3.8, 4) is 11.1 Å². The van der Waals surface area contributed by atoms with Crippen molar-refractivity contribution in [1.82, 2.24) is 9.55 Å². The van der Waals surface area contributed by atoms with Crippen LogP contribution in [0.4, 0.5) is 0 Å². The largest absolute Gasteiger partial charge is 0.457 e. The second kappa shape index (κ2) is 8.12. The number of hydrogen-bond acceptors (Lipinski definition) is 5. The van der Waals surface area contributed by atoms with Crippen molar-refractivity contribution in [2.75, 3.05) is 0 Å². The molecule has 6 nitrogen and oxygen atoms in total. The molecule has 2 heterocycles. The fourth-order valence-electron chi connectivity index (χ4n) is 3.22. The van der Waals surface area contributed by atoms with Crippen LogP contribution in [0.3, 0.4) is 0 Å². The summed E-state index contributed by atoms with van der Waals surface area (Å²) in [5.41, 5.74) is 3.32. The fraction of sp³-hybridized carbons (Fsp3) is 0.174. The molecule has 2 aliphatic rings. The Kier molecular flexibility index (Phi) is 5.37. The zero-order chi connectivity index (χ0) is 21.3. The van der Waals surface area contributed by atoms with Gasteiger partial charge in [0.05, 0.1) is 5.39 Å². The lowest BCUT2D eigenvalue weighted by molar-refractivity contribution is 0.0478. The minimum absolute atomic E-state index is 0.157. The molecule has 7 heteroatoms. The zero-order valence-corrected chi connectivity index (χ0v) is 17.4. The van der Waals surface area contributed by atoms with E-state index in [4.69, 9.17) is 4.74 Å². The normalized spacial score (nSPS) is 11.0. The van der Waals surface area contributed by atoms with E-state index in [9.17, 15) is 14.4 Å². The number of nitrogens with one attached hydrogen (secondary N) is 1. The maximum atomic E-state index is 12.4. The van der Waals surface area contributed by atoms with Gasteiger partial charge >= 0.3 is 11.7 Å². The summed E-state index contributed by atoms with van der Waals surface area (Å²) in [4.78, 5) is 39.5. The average Bonchev–Trinajstić information content (AvgIpc) is 3.17.